The fourth-order valence-corrected chi connectivity index (χ4v) is 3.83. The summed E-state index contributed by atoms with van der Waals surface area (Å²) in [5.74, 6) is 0.646. The summed E-state index contributed by atoms with van der Waals surface area (Å²) in [6.07, 6.45) is 6.16. The third kappa shape index (κ3) is 2.32. The minimum atomic E-state index is 0.00789. The number of piperidine rings is 3. The number of hydrogen-bond acceptors (Lipinski definition) is 2. The Balaban J connectivity index is 1.55. The Bertz CT molecular complexity index is 688. The van der Waals surface area contributed by atoms with Gasteiger partial charge < -0.3 is 14.6 Å². The van der Waals surface area contributed by atoms with E-state index >= 15 is 0 Å². The van der Waals surface area contributed by atoms with Gasteiger partial charge in [-0.1, -0.05) is 11.6 Å². The van der Waals surface area contributed by atoms with Crippen molar-refractivity contribution in [2.24, 2.45) is 5.92 Å². The molecule has 110 valence electrons. The molecule has 5 heterocycles. The average Bonchev–Trinajstić information content (AvgIpc) is 2.94. The lowest BCUT2D eigenvalue weighted by atomic mass is 9.84. The molecule has 0 aromatic carbocycles. The highest BCUT2D eigenvalue weighted by Gasteiger charge is 2.35. The van der Waals surface area contributed by atoms with Crippen LogP contribution in [0.1, 0.15) is 23.2 Å². The Labute approximate surface area is 128 Å². The van der Waals surface area contributed by atoms with Crippen molar-refractivity contribution in [2.75, 3.05) is 19.6 Å². The van der Waals surface area contributed by atoms with E-state index in [0.29, 0.717) is 22.5 Å². The van der Waals surface area contributed by atoms with Crippen molar-refractivity contribution < 1.29 is 4.79 Å². The molecule has 4 nitrogen and oxygen atoms in total. The number of amides is 1. The third-order valence-corrected chi connectivity index (χ3v) is 5.14. The molecule has 21 heavy (non-hydrogen) atoms. The molecule has 1 atom stereocenters. The lowest BCUT2D eigenvalue weighted by Crippen LogP contribution is -2.57. The van der Waals surface area contributed by atoms with Gasteiger partial charge in [0, 0.05) is 25.0 Å². The van der Waals surface area contributed by atoms with Gasteiger partial charge in [0.2, 0.25) is 0 Å². The van der Waals surface area contributed by atoms with Crippen molar-refractivity contribution in [3.05, 3.63) is 41.2 Å². The molecule has 3 fully saturated rings. The quantitative estimate of drug-likeness (QED) is 0.925. The number of carbonyl (C=O) groups is 1. The van der Waals surface area contributed by atoms with Gasteiger partial charge in [0.15, 0.2) is 0 Å². The van der Waals surface area contributed by atoms with Crippen molar-refractivity contribution >= 4 is 23.0 Å². The van der Waals surface area contributed by atoms with Crippen LogP contribution in [0.4, 0.5) is 0 Å². The zero-order valence-electron chi connectivity index (χ0n) is 11.8. The van der Waals surface area contributed by atoms with Gasteiger partial charge in [0.25, 0.3) is 5.91 Å². The second-order valence-corrected chi connectivity index (χ2v) is 6.50. The van der Waals surface area contributed by atoms with E-state index in [1.807, 2.05) is 35.0 Å². The Morgan fingerprint density at radius 3 is 2.81 bits per heavy atom. The first kappa shape index (κ1) is 13.2. The van der Waals surface area contributed by atoms with E-state index in [0.717, 1.165) is 12.1 Å². The van der Waals surface area contributed by atoms with Gasteiger partial charge in [-0.05, 0) is 50.0 Å². The number of aromatic nitrogens is 1. The SMILES string of the molecule is O=C(N[C@H]1CN2CCC1CC2)c1cc2c(Cl)cccn2c1. The van der Waals surface area contributed by atoms with E-state index in [1.54, 1.807) is 0 Å². The largest absolute Gasteiger partial charge is 0.348 e. The van der Waals surface area contributed by atoms with Crippen LogP contribution in [-0.4, -0.2) is 40.9 Å². The van der Waals surface area contributed by atoms with Crippen molar-refractivity contribution in [1.82, 2.24) is 14.6 Å². The number of nitrogens with zero attached hydrogens (tertiary/aromatic N) is 2. The van der Waals surface area contributed by atoms with Crippen LogP contribution >= 0.6 is 11.6 Å². The van der Waals surface area contributed by atoms with E-state index in [-0.39, 0.29) is 5.91 Å². The standard InChI is InChI=1S/C16H18ClN3O/c17-13-2-1-5-20-9-12(8-15(13)20)16(21)18-14-10-19-6-3-11(14)4-7-19/h1-2,5,8-9,11,14H,3-4,6-7,10H2,(H,18,21)/t14-/m0/s1. The molecular weight excluding hydrogens is 286 g/mol. The van der Waals surface area contributed by atoms with Crippen molar-refractivity contribution in [3.8, 4) is 0 Å². The maximum Gasteiger partial charge on any atom is 0.253 e. The maximum absolute atomic E-state index is 12.5. The molecule has 3 aliphatic rings. The summed E-state index contributed by atoms with van der Waals surface area (Å²) in [6, 6.07) is 5.87. The van der Waals surface area contributed by atoms with Crippen LogP contribution in [0.5, 0.6) is 0 Å². The van der Waals surface area contributed by atoms with Crippen LogP contribution in [0.3, 0.4) is 0 Å². The highest BCUT2D eigenvalue weighted by Crippen LogP contribution is 2.28. The fraction of sp³-hybridized carbons (Fsp3) is 0.438. The predicted molar refractivity (Wildman–Crippen MR) is 82.8 cm³/mol. The monoisotopic (exact) mass is 303 g/mol. The number of hydrogen-bond donors (Lipinski definition) is 1. The first-order valence-corrected chi connectivity index (χ1v) is 7.88. The summed E-state index contributed by atoms with van der Waals surface area (Å²) in [4.78, 5) is 14.9. The molecule has 0 spiro atoms. The van der Waals surface area contributed by atoms with Gasteiger partial charge in [0.1, 0.15) is 0 Å². The summed E-state index contributed by atoms with van der Waals surface area (Å²) in [5, 5.41) is 3.88. The highest BCUT2D eigenvalue weighted by atomic mass is 35.5. The van der Waals surface area contributed by atoms with Crippen LogP contribution in [0.15, 0.2) is 30.6 Å². The number of rotatable bonds is 2. The lowest BCUT2D eigenvalue weighted by Gasteiger charge is -2.44. The van der Waals surface area contributed by atoms with E-state index < -0.39 is 0 Å². The Morgan fingerprint density at radius 1 is 1.33 bits per heavy atom. The van der Waals surface area contributed by atoms with Gasteiger partial charge in [-0.3, -0.25) is 4.79 Å². The number of nitrogens with one attached hydrogen (secondary N) is 1. The van der Waals surface area contributed by atoms with Crippen LogP contribution in [0.2, 0.25) is 5.02 Å². The number of pyridine rings is 1. The van der Waals surface area contributed by atoms with E-state index in [9.17, 15) is 4.79 Å². The molecule has 2 aromatic rings. The number of halogens is 1. The molecule has 3 aliphatic heterocycles. The molecule has 0 aliphatic carbocycles. The lowest BCUT2D eigenvalue weighted by molar-refractivity contribution is 0.0620. The van der Waals surface area contributed by atoms with Gasteiger partial charge in [-0.15, -0.1) is 0 Å². The molecule has 0 radical (unpaired) electrons. The van der Waals surface area contributed by atoms with Crippen LogP contribution in [-0.2, 0) is 0 Å². The minimum absolute atomic E-state index is 0.00789. The van der Waals surface area contributed by atoms with Crippen LogP contribution in [0.25, 0.3) is 5.52 Å². The summed E-state index contributed by atoms with van der Waals surface area (Å²) in [5.41, 5.74) is 1.55. The molecular formula is C16H18ClN3O. The van der Waals surface area contributed by atoms with Gasteiger partial charge in [-0.25, -0.2) is 0 Å². The zero-order chi connectivity index (χ0) is 14.4. The van der Waals surface area contributed by atoms with Gasteiger partial charge >= 0.3 is 0 Å². The summed E-state index contributed by atoms with van der Waals surface area (Å²) >= 11 is 6.16. The first-order valence-electron chi connectivity index (χ1n) is 7.50. The van der Waals surface area contributed by atoms with E-state index in [2.05, 4.69) is 10.2 Å². The molecule has 0 saturated carbocycles. The normalized spacial score (nSPS) is 28.0. The Hall–Kier alpha value is -1.52. The number of fused-ring (bicyclic) bond motifs is 4. The summed E-state index contributed by atoms with van der Waals surface area (Å²) in [7, 11) is 0. The van der Waals surface area contributed by atoms with E-state index in [4.69, 9.17) is 11.6 Å². The molecule has 5 heteroatoms. The first-order chi connectivity index (χ1) is 10.2. The zero-order valence-corrected chi connectivity index (χ0v) is 12.5. The Morgan fingerprint density at radius 2 is 2.14 bits per heavy atom. The Kier molecular flexibility index (Phi) is 3.16. The van der Waals surface area contributed by atoms with Crippen LogP contribution in [0, 0.1) is 5.92 Å². The molecule has 5 rings (SSSR count). The molecule has 3 saturated heterocycles. The molecule has 1 amide bonds. The molecule has 2 bridgehead atoms. The summed E-state index contributed by atoms with van der Waals surface area (Å²) < 4.78 is 1.90. The molecule has 2 aromatic heterocycles. The van der Waals surface area contributed by atoms with Crippen molar-refractivity contribution in [2.45, 2.75) is 18.9 Å². The smallest absolute Gasteiger partial charge is 0.253 e. The second kappa shape index (κ2) is 5.04. The van der Waals surface area contributed by atoms with Crippen LogP contribution < -0.4 is 5.32 Å². The summed E-state index contributed by atoms with van der Waals surface area (Å²) in [6.45, 7) is 3.36. The van der Waals surface area contributed by atoms with Gasteiger partial charge in [-0.2, -0.15) is 0 Å². The van der Waals surface area contributed by atoms with E-state index in [1.165, 1.54) is 25.9 Å². The fourth-order valence-electron chi connectivity index (χ4n) is 3.60. The minimum Gasteiger partial charge on any atom is -0.348 e. The number of carbonyl (C=O) groups excluding carboxylic acids is 1. The highest BCUT2D eigenvalue weighted by molar-refractivity contribution is 6.33. The third-order valence-electron chi connectivity index (χ3n) is 4.82. The second-order valence-electron chi connectivity index (χ2n) is 6.10. The average molecular weight is 304 g/mol. The molecule has 0 unspecified atom stereocenters. The topological polar surface area (TPSA) is 36.8 Å². The molecule has 1 N–H and O–H groups in total. The van der Waals surface area contributed by atoms with Crippen molar-refractivity contribution in [1.29, 1.82) is 0 Å². The van der Waals surface area contributed by atoms with Gasteiger partial charge in [0.05, 0.1) is 16.1 Å². The van der Waals surface area contributed by atoms with Crippen molar-refractivity contribution in [3.63, 3.8) is 0 Å². The predicted octanol–water partition coefficient (Wildman–Crippen LogP) is 2.42. The maximum atomic E-state index is 12.5.